The number of benzene rings is 2. The van der Waals surface area contributed by atoms with E-state index in [9.17, 15) is 9.59 Å². The Bertz CT molecular complexity index is 667. The second-order valence-corrected chi connectivity index (χ2v) is 5.45. The van der Waals surface area contributed by atoms with E-state index in [0.29, 0.717) is 18.5 Å². The number of carbonyl (C=O) groups is 2. The zero-order valence-corrected chi connectivity index (χ0v) is 13.2. The van der Waals surface area contributed by atoms with Crippen LogP contribution in [0.25, 0.3) is 0 Å². The van der Waals surface area contributed by atoms with E-state index in [1.807, 2.05) is 61.5 Å². The van der Waals surface area contributed by atoms with Crippen LogP contribution in [0.1, 0.15) is 36.8 Å². The van der Waals surface area contributed by atoms with Crippen LogP contribution >= 0.6 is 0 Å². The molecular weight excluding hydrogens is 290 g/mol. The summed E-state index contributed by atoms with van der Waals surface area (Å²) in [6, 6.07) is 17.0. The second-order valence-electron chi connectivity index (χ2n) is 5.45. The Morgan fingerprint density at radius 1 is 1.09 bits per heavy atom. The summed E-state index contributed by atoms with van der Waals surface area (Å²) in [5.41, 5.74) is 2.60. The normalized spacial score (nSPS) is 11.7. The minimum atomic E-state index is -0.824. The number of carboxylic acid groups (broad SMARTS) is 1. The third-order valence-electron chi connectivity index (χ3n) is 3.75. The molecule has 1 atom stereocenters. The smallest absolute Gasteiger partial charge is 0.303 e. The molecule has 4 nitrogen and oxygen atoms in total. The summed E-state index contributed by atoms with van der Waals surface area (Å²) < 4.78 is 0. The molecule has 0 fully saturated rings. The molecule has 4 heteroatoms. The SMILES string of the molecule is CCC(C(=O)Nc1cccc(CCC(=O)O)c1)c1ccccc1. The highest BCUT2D eigenvalue weighted by Gasteiger charge is 2.18. The number of hydrogen-bond acceptors (Lipinski definition) is 2. The molecule has 23 heavy (non-hydrogen) atoms. The lowest BCUT2D eigenvalue weighted by atomic mass is 9.95. The van der Waals surface area contributed by atoms with Crippen LogP contribution in [0.3, 0.4) is 0 Å². The van der Waals surface area contributed by atoms with Gasteiger partial charge in [-0.2, -0.15) is 0 Å². The molecule has 120 valence electrons. The van der Waals surface area contributed by atoms with Gasteiger partial charge in [0, 0.05) is 12.1 Å². The molecule has 0 radical (unpaired) electrons. The highest BCUT2D eigenvalue weighted by Crippen LogP contribution is 2.22. The zero-order chi connectivity index (χ0) is 16.7. The quantitative estimate of drug-likeness (QED) is 0.816. The monoisotopic (exact) mass is 311 g/mol. The molecule has 1 unspecified atom stereocenters. The first kappa shape index (κ1) is 16.7. The first-order valence-electron chi connectivity index (χ1n) is 7.76. The summed E-state index contributed by atoms with van der Waals surface area (Å²) in [4.78, 5) is 23.2. The van der Waals surface area contributed by atoms with Crippen molar-refractivity contribution in [1.29, 1.82) is 0 Å². The second kappa shape index (κ2) is 8.13. The zero-order valence-electron chi connectivity index (χ0n) is 13.2. The Labute approximate surface area is 136 Å². The van der Waals surface area contributed by atoms with E-state index in [2.05, 4.69) is 5.32 Å². The van der Waals surface area contributed by atoms with E-state index >= 15 is 0 Å². The summed E-state index contributed by atoms with van der Waals surface area (Å²) in [5.74, 6) is -1.07. The van der Waals surface area contributed by atoms with Gasteiger partial charge in [0.05, 0.1) is 5.92 Å². The molecular formula is C19H21NO3. The third kappa shape index (κ3) is 4.95. The fraction of sp³-hybridized carbons (Fsp3) is 0.263. The van der Waals surface area contributed by atoms with Gasteiger partial charge in [-0.15, -0.1) is 0 Å². The number of anilines is 1. The number of carboxylic acids is 1. The molecule has 2 N–H and O–H groups in total. The number of rotatable bonds is 7. The average molecular weight is 311 g/mol. The molecule has 0 saturated heterocycles. The fourth-order valence-electron chi connectivity index (χ4n) is 2.54. The maximum atomic E-state index is 12.5. The molecule has 0 aliphatic rings. The molecule has 2 aromatic rings. The standard InChI is InChI=1S/C19H21NO3/c1-2-17(15-8-4-3-5-9-15)19(23)20-16-10-6-7-14(13-16)11-12-18(21)22/h3-10,13,17H,2,11-12H2,1H3,(H,20,23)(H,21,22). The van der Waals surface area contributed by atoms with E-state index < -0.39 is 5.97 Å². The van der Waals surface area contributed by atoms with E-state index in [-0.39, 0.29) is 18.2 Å². The Balaban J connectivity index is 2.07. The van der Waals surface area contributed by atoms with Gasteiger partial charge in [-0.25, -0.2) is 0 Å². The van der Waals surface area contributed by atoms with Gasteiger partial charge in [-0.1, -0.05) is 49.4 Å². The number of nitrogens with one attached hydrogen (secondary N) is 1. The lowest BCUT2D eigenvalue weighted by Gasteiger charge is -2.16. The summed E-state index contributed by atoms with van der Waals surface area (Å²) in [6.45, 7) is 1.99. The summed E-state index contributed by atoms with van der Waals surface area (Å²) in [5, 5.41) is 11.7. The van der Waals surface area contributed by atoms with E-state index in [1.54, 1.807) is 0 Å². The number of aliphatic carboxylic acids is 1. The molecule has 0 heterocycles. The molecule has 0 aliphatic heterocycles. The molecule has 1 amide bonds. The molecule has 0 saturated carbocycles. The van der Waals surface area contributed by atoms with Gasteiger partial charge in [-0.3, -0.25) is 9.59 Å². The molecule has 0 spiro atoms. The van der Waals surface area contributed by atoms with Crippen LogP contribution in [0.15, 0.2) is 54.6 Å². The Kier molecular flexibility index (Phi) is 5.92. The topological polar surface area (TPSA) is 66.4 Å². The van der Waals surface area contributed by atoms with Crippen LogP contribution in [0.4, 0.5) is 5.69 Å². The lowest BCUT2D eigenvalue weighted by molar-refractivity contribution is -0.137. The van der Waals surface area contributed by atoms with Crippen molar-refractivity contribution < 1.29 is 14.7 Å². The lowest BCUT2D eigenvalue weighted by Crippen LogP contribution is -2.20. The minimum Gasteiger partial charge on any atom is -0.481 e. The summed E-state index contributed by atoms with van der Waals surface area (Å²) >= 11 is 0. The number of amides is 1. The van der Waals surface area contributed by atoms with E-state index in [1.165, 1.54) is 0 Å². The number of carbonyl (C=O) groups excluding carboxylic acids is 1. The molecule has 2 aromatic carbocycles. The van der Waals surface area contributed by atoms with Crippen molar-refractivity contribution in [3.05, 3.63) is 65.7 Å². The van der Waals surface area contributed by atoms with Crippen LogP contribution in [0, 0.1) is 0 Å². The number of hydrogen-bond donors (Lipinski definition) is 2. The van der Waals surface area contributed by atoms with Crippen molar-refractivity contribution in [1.82, 2.24) is 0 Å². The van der Waals surface area contributed by atoms with Crippen molar-refractivity contribution in [2.45, 2.75) is 32.1 Å². The highest BCUT2D eigenvalue weighted by atomic mass is 16.4. The molecule has 0 aliphatic carbocycles. The van der Waals surface area contributed by atoms with Crippen LogP contribution in [0.5, 0.6) is 0 Å². The maximum Gasteiger partial charge on any atom is 0.303 e. The predicted molar refractivity (Wildman–Crippen MR) is 90.5 cm³/mol. The molecule has 0 aromatic heterocycles. The van der Waals surface area contributed by atoms with Crippen molar-refractivity contribution in [2.24, 2.45) is 0 Å². The highest BCUT2D eigenvalue weighted by molar-refractivity contribution is 5.95. The Hall–Kier alpha value is -2.62. The van der Waals surface area contributed by atoms with E-state index in [0.717, 1.165) is 11.1 Å². The first-order chi connectivity index (χ1) is 11.1. The minimum absolute atomic E-state index is 0.0471. The number of aryl methyl sites for hydroxylation is 1. The third-order valence-corrected chi connectivity index (χ3v) is 3.75. The van der Waals surface area contributed by atoms with Crippen molar-refractivity contribution in [3.63, 3.8) is 0 Å². The fourth-order valence-corrected chi connectivity index (χ4v) is 2.54. The van der Waals surface area contributed by atoms with Gasteiger partial charge in [0.2, 0.25) is 5.91 Å². The maximum absolute atomic E-state index is 12.5. The van der Waals surface area contributed by atoms with Gasteiger partial charge < -0.3 is 10.4 Å². The van der Waals surface area contributed by atoms with Crippen LogP contribution in [0.2, 0.25) is 0 Å². The van der Waals surface area contributed by atoms with Crippen molar-refractivity contribution >= 4 is 17.6 Å². The Morgan fingerprint density at radius 2 is 1.83 bits per heavy atom. The summed E-state index contributed by atoms with van der Waals surface area (Å²) in [6.07, 6.45) is 1.25. The van der Waals surface area contributed by atoms with Gasteiger partial charge >= 0.3 is 5.97 Å². The van der Waals surface area contributed by atoms with Gasteiger partial charge in [0.15, 0.2) is 0 Å². The first-order valence-corrected chi connectivity index (χ1v) is 7.76. The van der Waals surface area contributed by atoms with Gasteiger partial charge in [-0.05, 0) is 36.1 Å². The summed E-state index contributed by atoms with van der Waals surface area (Å²) in [7, 11) is 0. The van der Waals surface area contributed by atoms with Crippen LogP contribution < -0.4 is 5.32 Å². The largest absolute Gasteiger partial charge is 0.481 e. The average Bonchev–Trinajstić information content (AvgIpc) is 2.55. The van der Waals surface area contributed by atoms with Gasteiger partial charge in [0.1, 0.15) is 0 Å². The molecule has 2 rings (SSSR count). The predicted octanol–water partition coefficient (Wildman–Crippen LogP) is 3.84. The van der Waals surface area contributed by atoms with Crippen molar-refractivity contribution in [3.8, 4) is 0 Å². The van der Waals surface area contributed by atoms with Crippen LogP contribution in [-0.2, 0) is 16.0 Å². The molecule has 0 bridgehead atoms. The Morgan fingerprint density at radius 3 is 2.48 bits per heavy atom. The van der Waals surface area contributed by atoms with Gasteiger partial charge in [0.25, 0.3) is 0 Å². The van der Waals surface area contributed by atoms with E-state index in [4.69, 9.17) is 5.11 Å². The van der Waals surface area contributed by atoms with Crippen LogP contribution in [-0.4, -0.2) is 17.0 Å². The van der Waals surface area contributed by atoms with Crippen molar-refractivity contribution in [2.75, 3.05) is 5.32 Å².